The molecule has 0 radical (unpaired) electrons. The molecule has 6 heteroatoms. The van der Waals surface area contributed by atoms with E-state index in [1.165, 1.54) is 4.90 Å². The molecule has 2 aromatic carbocycles. The Morgan fingerprint density at radius 3 is 2.65 bits per heavy atom. The summed E-state index contributed by atoms with van der Waals surface area (Å²) in [5.74, 6) is -0.356. The molecule has 3 aromatic rings. The summed E-state index contributed by atoms with van der Waals surface area (Å²) in [4.78, 5) is 30.2. The summed E-state index contributed by atoms with van der Waals surface area (Å²) < 4.78 is 2.04. The van der Waals surface area contributed by atoms with Gasteiger partial charge in [-0.1, -0.05) is 18.2 Å². The predicted octanol–water partition coefficient (Wildman–Crippen LogP) is 3.02. The van der Waals surface area contributed by atoms with Crippen LogP contribution < -0.4 is 0 Å². The Kier molecular flexibility index (Phi) is 3.95. The van der Waals surface area contributed by atoms with Crippen LogP contribution in [0, 0.1) is 6.92 Å². The summed E-state index contributed by atoms with van der Waals surface area (Å²) in [6, 6.07) is 14.6. The van der Waals surface area contributed by atoms with E-state index in [2.05, 4.69) is 4.98 Å². The first-order chi connectivity index (χ1) is 12.6. The van der Waals surface area contributed by atoms with E-state index >= 15 is 0 Å². The number of imidazole rings is 1. The van der Waals surface area contributed by atoms with Crippen LogP contribution in [0.3, 0.4) is 0 Å². The molecule has 0 saturated carbocycles. The smallest absolute Gasteiger partial charge is 0.326 e. The number of likely N-dealkylation sites (tertiary alicyclic amines) is 1. The second-order valence-corrected chi connectivity index (χ2v) is 6.53. The fourth-order valence-corrected chi connectivity index (χ4v) is 3.67. The van der Waals surface area contributed by atoms with Crippen LogP contribution in [0.15, 0.2) is 48.5 Å². The number of aliphatic carboxylic acids is 1. The Labute approximate surface area is 150 Å². The fraction of sp³-hybridized carbons (Fsp3) is 0.250. The molecule has 0 aliphatic carbocycles. The molecule has 4 rings (SSSR count). The molecule has 1 amide bonds. The van der Waals surface area contributed by atoms with Gasteiger partial charge in [0.2, 0.25) is 0 Å². The number of nitrogens with zero attached hydrogens (tertiary/aromatic N) is 3. The van der Waals surface area contributed by atoms with Gasteiger partial charge in [-0.2, -0.15) is 0 Å². The van der Waals surface area contributed by atoms with E-state index in [9.17, 15) is 14.7 Å². The molecule has 1 aromatic heterocycles. The van der Waals surface area contributed by atoms with Crippen molar-refractivity contribution in [2.24, 2.45) is 0 Å². The number of para-hydroxylation sites is 1. The normalized spacial score (nSPS) is 17.0. The second-order valence-electron chi connectivity index (χ2n) is 6.53. The van der Waals surface area contributed by atoms with Crippen LogP contribution in [0.25, 0.3) is 16.7 Å². The van der Waals surface area contributed by atoms with Gasteiger partial charge in [-0.15, -0.1) is 0 Å². The van der Waals surface area contributed by atoms with Gasteiger partial charge in [-0.3, -0.25) is 9.36 Å². The van der Waals surface area contributed by atoms with E-state index in [1.54, 1.807) is 12.1 Å². The van der Waals surface area contributed by atoms with Gasteiger partial charge in [0.15, 0.2) is 0 Å². The quantitative estimate of drug-likeness (QED) is 0.789. The summed E-state index contributed by atoms with van der Waals surface area (Å²) in [6.07, 6.45) is 1.22. The number of rotatable bonds is 3. The maximum atomic E-state index is 12.8. The van der Waals surface area contributed by atoms with Crippen LogP contribution in [0.2, 0.25) is 0 Å². The summed E-state index contributed by atoms with van der Waals surface area (Å²) in [5.41, 5.74) is 3.13. The standard InChI is InChI=1S/C20H19N3O3/c1-13-21-16-12-14(19(24)22-11-5-8-18(22)20(25)26)9-10-17(16)23(13)15-6-3-2-4-7-15/h2-4,6-7,9-10,12,18H,5,8,11H2,1H3,(H,25,26)/t18-/m0/s1. The van der Waals surface area contributed by atoms with E-state index in [-0.39, 0.29) is 5.91 Å². The highest BCUT2D eigenvalue weighted by Gasteiger charge is 2.34. The van der Waals surface area contributed by atoms with E-state index in [0.717, 1.165) is 22.5 Å². The first-order valence-electron chi connectivity index (χ1n) is 8.64. The van der Waals surface area contributed by atoms with Gasteiger partial charge in [0.1, 0.15) is 11.9 Å². The van der Waals surface area contributed by atoms with Crippen LogP contribution in [-0.2, 0) is 4.79 Å². The average Bonchev–Trinajstić information content (AvgIpc) is 3.25. The molecule has 2 heterocycles. The molecular formula is C20H19N3O3. The largest absolute Gasteiger partial charge is 0.480 e. The molecule has 1 aliphatic rings. The minimum Gasteiger partial charge on any atom is -0.480 e. The summed E-state index contributed by atoms with van der Waals surface area (Å²) in [6.45, 7) is 2.40. The number of carboxylic acids is 1. The van der Waals surface area contributed by atoms with Gasteiger partial charge < -0.3 is 10.0 Å². The zero-order valence-electron chi connectivity index (χ0n) is 14.4. The maximum absolute atomic E-state index is 12.8. The molecule has 0 spiro atoms. The van der Waals surface area contributed by atoms with Crippen LogP contribution >= 0.6 is 0 Å². The lowest BCUT2D eigenvalue weighted by atomic mass is 10.1. The molecule has 26 heavy (non-hydrogen) atoms. The number of carbonyl (C=O) groups is 2. The van der Waals surface area contributed by atoms with Crippen molar-refractivity contribution in [2.75, 3.05) is 6.54 Å². The first kappa shape index (κ1) is 16.3. The van der Waals surface area contributed by atoms with Crippen LogP contribution in [0.1, 0.15) is 29.0 Å². The molecule has 0 bridgehead atoms. The third-order valence-electron chi connectivity index (χ3n) is 4.88. The van der Waals surface area contributed by atoms with Crippen molar-refractivity contribution >= 4 is 22.9 Å². The van der Waals surface area contributed by atoms with Crippen LogP contribution in [0.5, 0.6) is 0 Å². The number of hydrogen-bond donors (Lipinski definition) is 1. The number of fused-ring (bicyclic) bond motifs is 1. The molecule has 1 N–H and O–H groups in total. The number of carbonyl (C=O) groups excluding carboxylic acids is 1. The number of hydrogen-bond acceptors (Lipinski definition) is 3. The second kappa shape index (κ2) is 6.29. The lowest BCUT2D eigenvalue weighted by molar-refractivity contribution is -0.141. The summed E-state index contributed by atoms with van der Waals surface area (Å²) in [5, 5.41) is 9.31. The van der Waals surface area contributed by atoms with Gasteiger partial charge in [-0.05, 0) is 50.1 Å². The lowest BCUT2D eigenvalue weighted by Gasteiger charge is -2.21. The van der Waals surface area contributed by atoms with Gasteiger partial charge >= 0.3 is 5.97 Å². The average molecular weight is 349 g/mol. The number of amides is 1. The monoisotopic (exact) mass is 349 g/mol. The number of benzene rings is 2. The zero-order chi connectivity index (χ0) is 18.3. The van der Waals surface area contributed by atoms with Gasteiger partial charge in [0, 0.05) is 17.8 Å². The maximum Gasteiger partial charge on any atom is 0.326 e. The Bertz CT molecular complexity index is 994. The van der Waals surface area contributed by atoms with E-state index in [4.69, 9.17) is 0 Å². The molecule has 1 atom stereocenters. The summed E-state index contributed by atoms with van der Waals surface area (Å²) in [7, 11) is 0. The molecule has 6 nitrogen and oxygen atoms in total. The summed E-state index contributed by atoms with van der Waals surface area (Å²) >= 11 is 0. The molecule has 0 unspecified atom stereocenters. The molecular weight excluding hydrogens is 330 g/mol. The minimum absolute atomic E-state index is 0.247. The van der Waals surface area contributed by atoms with Crippen molar-refractivity contribution < 1.29 is 14.7 Å². The molecule has 1 aliphatic heterocycles. The highest BCUT2D eigenvalue weighted by atomic mass is 16.4. The first-order valence-corrected chi connectivity index (χ1v) is 8.64. The zero-order valence-corrected chi connectivity index (χ0v) is 14.4. The molecule has 132 valence electrons. The van der Waals surface area contributed by atoms with E-state index in [1.807, 2.05) is 47.9 Å². The van der Waals surface area contributed by atoms with E-state index < -0.39 is 12.0 Å². The number of aryl methyl sites for hydroxylation is 1. The Balaban J connectivity index is 1.73. The number of carboxylic acid groups (broad SMARTS) is 1. The predicted molar refractivity (Wildman–Crippen MR) is 97.5 cm³/mol. The molecule has 1 saturated heterocycles. The van der Waals surface area contributed by atoms with Gasteiger partial charge in [0.05, 0.1) is 11.0 Å². The minimum atomic E-state index is -0.943. The van der Waals surface area contributed by atoms with Crippen LogP contribution in [-0.4, -0.2) is 44.0 Å². The Morgan fingerprint density at radius 2 is 1.92 bits per heavy atom. The van der Waals surface area contributed by atoms with Crippen molar-refractivity contribution in [1.82, 2.24) is 14.5 Å². The SMILES string of the molecule is Cc1nc2cc(C(=O)N3CCC[C@H]3C(=O)O)ccc2n1-c1ccccc1. The van der Waals surface area contributed by atoms with Gasteiger partial charge in [-0.25, -0.2) is 9.78 Å². The van der Waals surface area contributed by atoms with Gasteiger partial charge in [0.25, 0.3) is 5.91 Å². The van der Waals surface area contributed by atoms with Crippen molar-refractivity contribution in [3.8, 4) is 5.69 Å². The van der Waals surface area contributed by atoms with Crippen LogP contribution in [0.4, 0.5) is 0 Å². The van der Waals surface area contributed by atoms with E-state index in [0.29, 0.717) is 24.9 Å². The fourth-order valence-electron chi connectivity index (χ4n) is 3.67. The topological polar surface area (TPSA) is 75.4 Å². The molecule has 1 fully saturated rings. The highest BCUT2D eigenvalue weighted by Crippen LogP contribution is 2.25. The van der Waals surface area contributed by atoms with Crippen molar-refractivity contribution in [3.05, 3.63) is 59.9 Å². The lowest BCUT2D eigenvalue weighted by Crippen LogP contribution is -2.40. The number of aromatic nitrogens is 2. The third kappa shape index (κ3) is 2.63. The third-order valence-corrected chi connectivity index (χ3v) is 4.88. The Hall–Kier alpha value is -3.15. The Morgan fingerprint density at radius 1 is 1.15 bits per heavy atom. The highest BCUT2D eigenvalue weighted by molar-refractivity contribution is 5.99. The van der Waals surface area contributed by atoms with Crippen molar-refractivity contribution in [1.29, 1.82) is 0 Å². The van der Waals surface area contributed by atoms with Crippen molar-refractivity contribution in [2.45, 2.75) is 25.8 Å². The van der Waals surface area contributed by atoms with Crippen molar-refractivity contribution in [3.63, 3.8) is 0 Å².